The van der Waals surface area contributed by atoms with Crippen LogP contribution in [0, 0.1) is 0 Å². The van der Waals surface area contributed by atoms with Gasteiger partial charge >= 0.3 is 0 Å². The smallest absolute Gasteiger partial charge is 0.251 e. The summed E-state index contributed by atoms with van der Waals surface area (Å²) in [7, 11) is 0. The van der Waals surface area contributed by atoms with Gasteiger partial charge in [-0.1, -0.05) is 42.8 Å². The summed E-state index contributed by atoms with van der Waals surface area (Å²) in [5.74, 6) is -0.0642. The molecule has 1 amide bonds. The van der Waals surface area contributed by atoms with E-state index in [-0.39, 0.29) is 17.8 Å². The number of aryl methyl sites for hydroxylation is 1. The summed E-state index contributed by atoms with van der Waals surface area (Å²) >= 11 is 0. The van der Waals surface area contributed by atoms with Gasteiger partial charge in [-0.3, -0.25) is 14.7 Å². The van der Waals surface area contributed by atoms with E-state index in [9.17, 15) is 9.90 Å². The summed E-state index contributed by atoms with van der Waals surface area (Å²) in [6.45, 7) is 3.33. The number of aromatic hydroxyl groups is 1. The highest BCUT2D eigenvalue weighted by Crippen LogP contribution is 2.31. The van der Waals surface area contributed by atoms with Gasteiger partial charge in [0.25, 0.3) is 5.91 Å². The Labute approximate surface area is 223 Å². The number of hydrogen-bond acceptors (Lipinski definition) is 4. The first kappa shape index (κ1) is 24.4. The van der Waals surface area contributed by atoms with Gasteiger partial charge in [-0.15, -0.1) is 0 Å². The number of H-pyrrole nitrogens is 1. The van der Waals surface area contributed by atoms with Gasteiger partial charge in [0.15, 0.2) is 5.88 Å². The second-order valence-corrected chi connectivity index (χ2v) is 10.5. The van der Waals surface area contributed by atoms with Crippen molar-refractivity contribution in [1.29, 1.82) is 0 Å². The molecule has 194 valence electrons. The maximum atomic E-state index is 13.2. The standard InChI is InChI=1S/C32H34N4O2/c37-31(34-29-10-6-8-23-7-2-3-9-26(23)29)24-13-16-30-27(19-24)28(32(38)35-30)20-33-25-14-11-22(12-15-25)21-36-17-4-1-5-18-36/h2-3,7,9,11-16,19-20,29,35,38H,1,4-6,8,10,17-18,21H2,(H,34,37)/t29-/m0/s1. The largest absolute Gasteiger partial charge is 0.494 e. The van der Waals surface area contributed by atoms with Gasteiger partial charge in [-0.05, 0) is 92.2 Å². The van der Waals surface area contributed by atoms with E-state index in [0.717, 1.165) is 42.4 Å². The molecular weight excluding hydrogens is 472 g/mol. The maximum absolute atomic E-state index is 13.2. The Bertz CT molecular complexity index is 1460. The molecule has 2 heterocycles. The highest BCUT2D eigenvalue weighted by molar-refractivity contribution is 6.06. The number of benzene rings is 3. The zero-order valence-electron chi connectivity index (χ0n) is 21.6. The van der Waals surface area contributed by atoms with E-state index < -0.39 is 0 Å². The Morgan fingerprint density at radius 2 is 1.84 bits per heavy atom. The molecular formula is C32H34N4O2. The fourth-order valence-corrected chi connectivity index (χ4v) is 5.82. The summed E-state index contributed by atoms with van der Waals surface area (Å²) in [4.78, 5) is 23.4. The third-order valence-electron chi connectivity index (χ3n) is 7.89. The number of carbonyl (C=O) groups excluding carboxylic acids is 1. The number of aliphatic imine (C=N–C) groups is 1. The SMILES string of the molecule is O=C(N[C@H]1CCCc2ccccc21)c1ccc2[nH]c(O)c(C=Nc3ccc(CN4CCCCC4)cc3)c2c1. The lowest BCUT2D eigenvalue weighted by Crippen LogP contribution is -2.30. The molecule has 6 heteroatoms. The summed E-state index contributed by atoms with van der Waals surface area (Å²) in [5, 5.41) is 14.6. The summed E-state index contributed by atoms with van der Waals surface area (Å²) in [5.41, 5.74) is 6.55. The third kappa shape index (κ3) is 5.22. The molecule has 0 unspecified atom stereocenters. The Kier molecular flexibility index (Phi) is 6.97. The van der Waals surface area contributed by atoms with E-state index in [1.807, 2.05) is 30.3 Å². The summed E-state index contributed by atoms with van der Waals surface area (Å²) in [6.07, 6.45) is 8.64. The number of rotatable bonds is 6. The van der Waals surface area contributed by atoms with Crippen LogP contribution in [0.3, 0.4) is 0 Å². The molecule has 6 nitrogen and oxygen atoms in total. The molecule has 1 fully saturated rings. The van der Waals surface area contributed by atoms with Crippen molar-refractivity contribution < 1.29 is 9.90 Å². The Morgan fingerprint density at radius 3 is 2.68 bits per heavy atom. The highest BCUT2D eigenvalue weighted by Gasteiger charge is 2.22. The number of fused-ring (bicyclic) bond motifs is 2. The normalized spacial score (nSPS) is 18.1. The fraction of sp³-hybridized carbons (Fsp3) is 0.312. The Hall–Kier alpha value is -3.90. The van der Waals surface area contributed by atoms with E-state index in [4.69, 9.17) is 0 Å². The van der Waals surface area contributed by atoms with Crippen LogP contribution >= 0.6 is 0 Å². The van der Waals surface area contributed by atoms with Crippen LogP contribution in [-0.2, 0) is 13.0 Å². The molecule has 1 aliphatic heterocycles. The van der Waals surface area contributed by atoms with Gasteiger partial charge < -0.3 is 15.4 Å². The molecule has 1 aliphatic carbocycles. The van der Waals surface area contributed by atoms with Gasteiger partial charge in [0.2, 0.25) is 0 Å². The van der Waals surface area contributed by atoms with Crippen molar-refractivity contribution in [2.75, 3.05) is 13.1 Å². The first-order chi connectivity index (χ1) is 18.6. The minimum absolute atomic E-state index is 0.0155. The molecule has 0 bridgehead atoms. The van der Waals surface area contributed by atoms with E-state index in [2.05, 4.69) is 50.5 Å². The number of nitrogens with one attached hydrogen (secondary N) is 2. The number of amides is 1. The first-order valence-corrected chi connectivity index (χ1v) is 13.7. The van der Waals surface area contributed by atoms with E-state index in [0.29, 0.717) is 11.1 Å². The topological polar surface area (TPSA) is 80.7 Å². The zero-order chi connectivity index (χ0) is 25.9. The van der Waals surface area contributed by atoms with Crippen molar-refractivity contribution in [2.24, 2.45) is 4.99 Å². The molecule has 1 saturated heterocycles. The summed E-state index contributed by atoms with van der Waals surface area (Å²) in [6, 6.07) is 22.1. The van der Waals surface area contributed by atoms with E-state index in [1.165, 1.54) is 49.0 Å². The minimum Gasteiger partial charge on any atom is -0.494 e. The van der Waals surface area contributed by atoms with Gasteiger partial charge in [0.1, 0.15) is 0 Å². The number of carbonyl (C=O) groups is 1. The molecule has 0 radical (unpaired) electrons. The quantitative estimate of drug-likeness (QED) is 0.264. The monoisotopic (exact) mass is 506 g/mol. The van der Waals surface area contributed by atoms with Gasteiger partial charge in [0.05, 0.1) is 17.3 Å². The lowest BCUT2D eigenvalue weighted by molar-refractivity contribution is 0.0933. The Balaban J connectivity index is 1.18. The lowest BCUT2D eigenvalue weighted by atomic mass is 9.87. The average molecular weight is 507 g/mol. The Morgan fingerprint density at radius 1 is 1.03 bits per heavy atom. The van der Waals surface area contributed by atoms with Crippen LogP contribution in [0.2, 0.25) is 0 Å². The van der Waals surface area contributed by atoms with Crippen molar-refractivity contribution in [3.63, 3.8) is 0 Å². The second kappa shape index (κ2) is 10.8. The van der Waals surface area contributed by atoms with Crippen molar-refractivity contribution in [2.45, 2.75) is 51.1 Å². The number of aromatic amines is 1. The van der Waals surface area contributed by atoms with Crippen molar-refractivity contribution in [3.8, 4) is 5.88 Å². The number of nitrogens with zero attached hydrogens (tertiary/aromatic N) is 2. The molecule has 0 spiro atoms. The van der Waals surface area contributed by atoms with Crippen LogP contribution in [0.1, 0.15) is 70.8 Å². The minimum atomic E-state index is -0.110. The number of likely N-dealkylation sites (tertiary alicyclic amines) is 1. The van der Waals surface area contributed by atoms with Gasteiger partial charge in [0, 0.05) is 29.2 Å². The highest BCUT2D eigenvalue weighted by atomic mass is 16.3. The van der Waals surface area contributed by atoms with Crippen LogP contribution in [-0.4, -0.2) is 40.2 Å². The van der Waals surface area contributed by atoms with Crippen molar-refractivity contribution >= 4 is 28.7 Å². The number of aromatic nitrogens is 1. The maximum Gasteiger partial charge on any atom is 0.251 e. The predicted octanol–water partition coefficient (Wildman–Crippen LogP) is 6.42. The second-order valence-electron chi connectivity index (χ2n) is 10.5. The van der Waals surface area contributed by atoms with Crippen LogP contribution < -0.4 is 5.32 Å². The first-order valence-electron chi connectivity index (χ1n) is 13.7. The predicted molar refractivity (Wildman–Crippen MR) is 152 cm³/mol. The number of piperidine rings is 1. The van der Waals surface area contributed by atoms with E-state index in [1.54, 1.807) is 12.3 Å². The molecule has 1 aromatic heterocycles. The van der Waals surface area contributed by atoms with Gasteiger partial charge in [-0.2, -0.15) is 0 Å². The van der Waals surface area contributed by atoms with Crippen molar-refractivity contribution in [1.82, 2.24) is 15.2 Å². The van der Waals surface area contributed by atoms with Gasteiger partial charge in [-0.25, -0.2) is 0 Å². The van der Waals surface area contributed by atoms with Crippen LogP contribution in [0.4, 0.5) is 5.69 Å². The van der Waals surface area contributed by atoms with Crippen LogP contribution in [0.5, 0.6) is 5.88 Å². The van der Waals surface area contributed by atoms with E-state index >= 15 is 0 Å². The molecule has 6 rings (SSSR count). The average Bonchev–Trinajstić information content (AvgIpc) is 3.27. The number of hydrogen-bond donors (Lipinski definition) is 3. The van der Waals surface area contributed by atoms with Crippen molar-refractivity contribution in [3.05, 3.63) is 94.5 Å². The zero-order valence-corrected chi connectivity index (χ0v) is 21.6. The summed E-state index contributed by atoms with van der Waals surface area (Å²) < 4.78 is 0. The molecule has 3 aromatic carbocycles. The fourth-order valence-electron chi connectivity index (χ4n) is 5.82. The molecule has 1 atom stereocenters. The lowest BCUT2D eigenvalue weighted by Gasteiger charge is -2.26. The molecule has 2 aliphatic rings. The molecule has 3 N–H and O–H groups in total. The molecule has 0 saturated carbocycles. The third-order valence-corrected chi connectivity index (χ3v) is 7.89. The molecule has 4 aromatic rings. The van der Waals surface area contributed by atoms with Crippen LogP contribution in [0.25, 0.3) is 10.9 Å². The molecule has 38 heavy (non-hydrogen) atoms. The van der Waals surface area contributed by atoms with Crippen LogP contribution in [0.15, 0.2) is 71.7 Å².